The van der Waals surface area contributed by atoms with Crippen LogP contribution in [-0.2, 0) is 14.3 Å². The molecule has 2 rings (SSSR count). The third-order valence-corrected chi connectivity index (χ3v) is 4.84. The molecular weight excluding hydrogens is 399 g/mol. The van der Waals surface area contributed by atoms with Crippen LogP contribution in [0.4, 0.5) is 13.2 Å². The van der Waals surface area contributed by atoms with Crippen molar-refractivity contribution in [1.29, 1.82) is 5.41 Å². The molecule has 164 valence electrons. The topological polar surface area (TPSA) is 97.4 Å². The Kier molecular flexibility index (Phi) is 8.05. The first-order valence-corrected chi connectivity index (χ1v) is 9.49. The summed E-state index contributed by atoms with van der Waals surface area (Å²) >= 11 is 0. The molecule has 0 radical (unpaired) electrons. The van der Waals surface area contributed by atoms with Gasteiger partial charge in [-0.05, 0) is 12.0 Å². The van der Waals surface area contributed by atoms with Gasteiger partial charge in [-0.25, -0.2) is 0 Å². The summed E-state index contributed by atoms with van der Waals surface area (Å²) in [5.41, 5.74) is 4.16. The van der Waals surface area contributed by atoms with Gasteiger partial charge in [-0.1, -0.05) is 42.5 Å². The summed E-state index contributed by atoms with van der Waals surface area (Å²) in [5, 5.41) is 9.07. The summed E-state index contributed by atoms with van der Waals surface area (Å²) in [4.78, 5) is 11.8. The van der Waals surface area contributed by atoms with E-state index in [-0.39, 0.29) is 12.4 Å². The molecule has 1 amide bonds. The Morgan fingerprint density at radius 3 is 2.57 bits per heavy atom. The van der Waals surface area contributed by atoms with Crippen molar-refractivity contribution >= 4 is 17.4 Å². The smallest absolute Gasteiger partial charge is 0.398 e. The van der Waals surface area contributed by atoms with E-state index >= 15 is 0 Å². The summed E-state index contributed by atoms with van der Waals surface area (Å²) in [7, 11) is 1.54. The fraction of sp³-hybridized carbons (Fsp3) is 0.429. The van der Waals surface area contributed by atoms with E-state index in [1.807, 2.05) is 11.4 Å². The highest BCUT2D eigenvalue weighted by molar-refractivity contribution is 5.94. The molecule has 0 fully saturated rings. The number of alkyl halides is 3. The van der Waals surface area contributed by atoms with Crippen molar-refractivity contribution in [1.82, 2.24) is 5.32 Å². The summed E-state index contributed by atoms with van der Waals surface area (Å²) in [6.07, 6.45) is -2.87. The Morgan fingerprint density at radius 2 is 1.97 bits per heavy atom. The summed E-state index contributed by atoms with van der Waals surface area (Å²) in [6.45, 7) is 0.644. The highest BCUT2D eigenvalue weighted by Crippen LogP contribution is 2.51. The van der Waals surface area contributed by atoms with Crippen LogP contribution in [0, 0.1) is 10.8 Å². The van der Waals surface area contributed by atoms with Gasteiger partial charge in [0.1, 0.15) is 5.76 Å². The van der Waals surface area contributed by atoms with Gasteiger partial charge in [-0.2, -0.15) is 13.2 Å². The second kappa shape index (κ2) is 10.3. The number of hydrogen-bond donors (Lipinski definition) is 3. The van der Waals surface area contributed by atoms with Gasteiger partial charge >= 0.3 is 6.18 Å². The quantitative estimate of drug-likeness (QED) is 0.319. The van der Waals surface area contributed by atoms with Crippen molar-refractivity contribution in [2.24, 2.45) is 11.1 Å². The Hall–Kier alpha value is -2.81. The lowest BCUT2D eigenvalue weighted by atomic mass is 9.74. The van der Waals surface area contributed by atoms with Gasteiger partial charge < -0.3 is 15.2 Å². The molecule has 1 aromatic rings. The minimum atomic E-state index is -4.59. The van der Waals surface area contributed by atoms with Crippen LogP contribution in [0.3, 0.4) is 0 Å². The van der Waals surface area contributed by atoms with Crippen LogP contribution < -0.4 is 11.1 Å². The van der Waals surface area contributed by atoms with E-state index in [2.05, 4.69) is 0 Å². The van der Waals surface area contributed by atoms with E-state index < -0.39 is 42.7 Å². The SMILES string of the molecule is COCCCOC1=C(c2ccccc2)C=CC(CCC(=O)NC(=N)N)(C(F)(F)F)C1. The standard InChI is InChI=1S/C21H26F3N3O3/c1-29-12-5-13-30-17-14-20(21(22,23)24,11-9-18(28)27-19(25)26)10-8-16(17)15-6-3-2-4-7-15/h2-4,6-8,10H,5,9,11-14H2,1H3,(H4,25,26,27,28). The van der Waals surface area contributed by atoms with E-state index in [1.54, 1.807) is 31.4 Å². The number of carbonyl (C=O) groups excluding carboxylic acids is 1. The average molecular weight is 425 g/mol. The molecule has 0 spiro atoms. The Morgan fingerprint density at radius 1 is 1.27 bits per heavy atom. The molecule has 1 aliphatic rings. The van der Waals surface area contributed by atoms with Crippen molar-refractivity contribution in [2.75, 3.05) is 20.3 Å². The highest BCUT2D eigenvalue weighted by Gasteiger charge is 2.54. The summed E-state index contributed by atoms with van der Waals surface area (Å²) < 4.78 is 53.1. The van der Waals surface area contributed by atoms with Crippen molar-refractivity contribution in [3.63, 3.8) is 0 Å². The van der Waals surface area contributed by atoms with Crippen molar-refractivity contribution < 1.29 is 27.4 Å². The molecule has 1 aromatic carbocycles. The molecule has 0 saturated heterocycles. The van der Waals surface area contributed by atoms with Crippen molar-refractivity contribution in [3.05, 3.63) is 53.8 Å². The Labute approximate surface area is 173 Å². The lowest BCUT2D eigenvalue weighted by Gasteiger charge is -2.36. The van der Waals surface area contributed by atoms with Gasteiger partial charge in [0.25, 0.3) is 0 Å². The number of amides is 1. The molecule has 6 nitrogen and oxygen atoms in total. The number of allylic oxidation sites excluding steroid dienone is 4. The van der Waals surface area contributed by atoms with Crippen molar-refractivity contribution in [3.8, 4) is 0 Å². The first-order valence-electron chi connectivity index (χ1n) is 9.49. The molecule has 1 atom stereocenters. The number of rotatable bonds is 9. The molecular formula is C21H26F3N3O3. The zero-order chi connectivity index (χ0) is 22.2. The molecule has 4 N–H and O–H groups in total. The summed E-state index contributed by atoms with van der Waals surface area (Å²) in [5.74, 6) is -1.11. The fourth-order valence-electron chi connectivity index (χ4n) is 3.24. The number of nitrogens with one attached hydrogen (secondary N) is 2. The van der Waals surface area contributed by atoms with Crippen LogP contribution in [0.15, 0.2) is 48.2 Å². The molecule has 9 heteroatoms. The van der Waals surface area contributed by atoms with E-state index in [9.17, 15) is 18.0 Å². The number of guanidine groups is 1. The average Bonchev–Trinajstić information content (AvgIpc) is 2.69. The molecule has 0 saturated carbocycles. The predicted octanol–water partition coefficient (Wildman–Crippen LogP) is 3.75. The molecule has 1 unspecified atom stereocenters. The minimum absolute atomic E-state index is 0.214. The van der Waals surface area contributed by atoms with Crippen LogP contribution in [0.1, 0.15) is 31.2 Å². The molecule has 1 aliphatic carbocycles. The second-order valence-electron chi connectivity index (χ2n) is 7.02. The van der Waals surface area contributed by atoms with Crippen LogP contribution >= 0.6 is 0 Å². The highest BCUT2D eigenvalue weighted by atomic mass is 19.4. The zero-order valence-electron chi connectivity index (χ0n) is 16.7. The largest absolute Gasteiger partial charge is 0.497 e. The van der Waals surface area contributed by atoms with E-state index in [1.165, 1.54) is 6.08 Å². The molecule has 0 aromatic heterocycles. The number of carbonyl (C=O) groups is 1. The monoisotopic (exact) mass is 425 g/mol. The van der Waals surface area contributed by atoms with Crippen LogP contribution in [-0.4, -0.2) is 38.4 Å². The Bertz CT molecular complexity index is 807. The second-order valence-corrected chi connectivity index (χ2v) is 7.02. The number of nitrogens with two attached hydrogens (primary N) is 1. The third kappa shape index (κ3) is 6.09. The fourth-order valence-corrected chi connectivity index (χ4v) is 3.24. The van der Waals surface area contributed by atoms with Gasteiger partial charge in [0.15, 0.2) is 5.96 Å². The molecule has 30 heavy (non-hydrogen) atoms. The normalized spacial score (nSPS) is 18.9. The minimum Gasteiger partial charge on any atom is -0.497 e. The molecule has 0 bridgehead atoms. The van der Waals surface area contributed by atoms with Gasteiger partial charge in [-0.15, -0.1) is 0 Å². The summed E-state index contributed by atoms with van der Waals surface area (Å²) in [6, 6.07) is 9.04. The van der Waals surface area contributed by atoms with Gasteiger partial charge in [0.2, 0.25) is 5.91 Å². The van der Waals surface area contributed by atoms with E-state index in [0.29, 0.717) is 18.6 Å². The Balaban J connectivity index is 2.31. The first kappa shape index (κ1) is 23.5. The van der Waals surface area contributed by atoms with Crippen molar-refractivity contribution in [2.45, 2.75) is 31.9 Å². The van der Waals surface area contributed by atoms with Gasteiger partial charge in [-0.3, -0.25) is 15.5 Å². The predicted molar refractivity (Wildman–Crippen MR) is 107 cm³/mol. The van der Waals surface area contributed by atoms with E-state index in [4.69, 9.17) is 20.6 Å². The number of hydrogen-bond acceptors (Lipinski definition) is 4. The van der Waals surface area contributed by atoms with Gasteiger partial charge in [0.05, 0.1) is 12.0 Å². The first-order chi connectivity index (χ1) is 14.2. The van der Waals surface area contributed by atoms with E-state index in [0.717, 1.165) is 11.6 Å². The number of halogens is 3. The maximum atomic E-state index is 14.1. The number of methoxy groups -OCH3 is 1. The van der Waals surface area contributed by atoms with Crippen LogP contribution in [0.5, 0.6) is 0 Å². The lowest BCUT2D eigenvalue weighted by Crippen LogP contribution is -2.41. The van der Waals surface area contributed by atoms with Crippen LogP contribution in [0.25, 0.3) is 5.57 Å². The third-order valence-electron chi connectivity index (χ3n) is 4.84. The molecule has 0 heterocycles. The zero-order valence-corrected chi connectivity index (χ0v) is 16.7. The number of benzene rings is 1. The van der Waals surface area contributed by atoms with Gasteiger partial charge in [0, 0.05) is 38.6 Å². The lowest BCUT2D eigenvalue weighted by molar-refractivity contribution is -0.210. The van der Waals surface area contributed by atoms with Crippen LogP contribution in [0.2, 0.25) is 0 Å². The molecule has 0 aliphatic heterocycles. The maximum absolute atomic E-state index is 14.1. The maximum Gasteiger partial charge on any atom is 0.398 e. The number of ether oxygens (including phenoxy) is 2.